The van der Waals surface area contributed by atoms with Crippen LogP contribution in [0.4, 0.5) is 5.69 Å². The molecule has 0 radical (unpaired) electrons. The minimum absolute atomic E-state index is 0.243. The lowest BCUT2D eigenvalue weighted by Crippen LogP contribution is -2.13. The second kappa shape index (κ2) is 4.96. The molecule has 1 amide bonds. The van der Waals surface area contributed by atoms with Crippen LogP contribution in [0.2, 0.25) is 0 Å². The fraction of sp³-hybridized carbons (Fsp3) is 0. The molecular weight excluding hydrogens is 276 g/mol. The van der Waals surface area contributed by atoms with Crippen molar-refractivity contribution in [3.63, 3.8) is 0 Å². The summed E-state index contributed by atoms with van der Waals surface area (Å²) < 4.78 is 0. The number of pyridine rings is 1. The first-order chi connectivity index (χ1) is 10.8. The first kappa shape index (κ1) is 12.5. The van der Waals surface area contributed by atoms with Gasteiger partial charge in [-0.1, -0.05) is 36.4 Å². The Kier molecular flexibility index (Phi) is 2.83. The summed E-state index contributed by atoms with van der Waals surface area (Å²) in [4.78, 5) is 16.8. The highest BCUT2D eigenvalue weighted by Gasteiger charge is 2.11. The molecule has 2 aromatic carbocycles. The van der Waals surface area contributed by atoms with Gasteiger partial charge in [-0.25, -0.2) is 4.98 Å². The van der Waals surface area contributed by atoms with Crippen molar-refractivity contribution in [2.75, 3.05) is 5.32 Å². The van der Waals surface area contributed by atoms with Gasteiger partial charge in [-0.05, 0) is 18.2 Å². The normalized spacial score (nSPS) is 10.9. The van der Waals surface area contributed by atoms with Gasteiger partial charge in [0.1, 0.15) is 5.69 Å². The number of nitrogens with zero attached hydrogens (tertiary/aromatic N) is 2. The molecule has 106 valence electrons. The van der Waals surface area contributed by atoms with E-state index >= 15 is 0 Å². The van der Waals surface area contributed by atoms with Crippen molar-refractivity contribution in [1.29, 1.82) is 0 Å². The molecule has 2 aromatic heterocycles. The maximum absolute atomic E-state index is 12.4. The van der Waals surface area contributed by atoms with E-state index < -0.39 is 0 Å². The van der Waals surface area contributed by atoms with Crippen molar-refractivity contribution in [3.05, 3.63) is 66.5 Å². The molecule has 2 N–H and O–H groups in total. The molecule has 5 heteroatoms. The summed E-state index contributed by atoms with van der Waals surface area (Å²) in [6.45, 7) is 0. The van der Waals surface area contributed by atoms with Crippen LogP contribution in [0.5, 0.6) is 0 Å². The Labute approximate surface area is 126 Å². The van der Waals surface area contributed by atoms with E-state index in [-0.39, 0.29) is 5.91 Å². The Morgan fingerprint density at radius 1 is 0.955 bits per heavy atom. The number of nitrogens with one attached hydrogen (secondary N) is 2. The summed E-state index contributed by atoms with van der Waals surface area (Å²) in [7, 11) is 0. The second-order valence-electron chi connectivity index (χ2n) is 4.98. The first-order valence-corrected chi connectivity index (χ1v) is 6.90. The number of carbonyl (C=O) groups excluding carboxylic acids is 1. The number of fused-ring (bicyclic) bond motifs is 2. The fourth-order valence-corrected chi connectivity index (χ4v) is 2.45. The Bertz CT molecular complexity index is 990. The topological polar surface area (TPSA) is 70.7 Å². The summed E-state index contributed by atoms with van der Waals surface area (Å²) in [6, 6.07) is 17.0. The van der Waals surface area contributed by atoms with E-state index in [1.807, 2.05) is 48.5 Å². The number of rotatable bonds is 2. The molecule has 0 aliphatic rings. The number of aromatic amines is 1. The number of aromatic nitrogens is 3. The molecule has 22 heavy (non-hydrogen) atoms. The standard InChI is InChI=1S/C17H12N4O/c22-17(15-9-8-11-4-1-2-6-13(11)19-15)20-14-7-3-5-12-10-18-21-16(12)14/h1-10H,(H,18,21)(H,20,22). The number of para-hydroxylation sites is 2. The van der Waals surface area contributed by atoms with Crippen molar-refractivity contribution in [3.8, 4) is 0 Å². The van der Waals surface area contributed by atoms with Crippen LogP contribution in [-0.4, -0.2) is 21.1 Å². The number of benzene rings is 2. The van der Waals surface area contributed by atoms with Gasteiger partial charge in [0.25, 0.3) is 5.91 Å². The monoisotopic (exact) mass is 288 g/mol. The summed E-state index contributed by atoms with van der Waals surface area (Å²) in [5.41, 5.74) is 2.68. The zero-order chi connectivity index (χ0) is 14.9. The molecule has 0 spiro atoms. The highest BCUT2D eigenvalue weighted by molar-refractivity contribution is 6.08. The maximum Gasteiger partial charge on any atom is 0.274 e. The third-order valence-electron chi connectivity index (χ3n) is 3.56. The summed E-state index contributed by atoms with van der Waals surface area (Å²) in [5, 5.41) is 11.7. The van der Waals surface area contributed by atoms with Crippen LogP contribution in [0, 0.1) is 0 Å². The number of anilines is 1. The summed E-state index contributed by atoms with van der Waals surface area (Å²) in [6.07, 6.45) is 1.72. The van der Waals surface area contributed by atoms with E-state index in [0.29, 0.717) is 11.4 Å². The minimum Gasteiger partial charge on any atom is -0.319 e. The molecule has 2 heterocycles. The second-order valence-corrected chi connectivity index (χ2v) is 4.98. The van der Waals surface area contributed by atoms with Crippen LogP contribution in [0.1, 0.15) is 10.5 Å². The summed E-state index contributed by atoms with van der Waals surface area (Å²) in [5.74, 6) is -0.243. The average molecular weight is 288 g/mol. The van der Waals surface area contributed by atoms with Crippen molar-refractivity contribution < 1.29 is 4.79 Å². The zero-order valence-corrected chi connectivity index (χ0v) is 11.6. The Balaban J connectivity index is 1.70. The van der Waals surface area contributed by atoms with Gasteiger partial charge in [-0.3, -0.25) is 9.89 Å². The number of hydrogen-bond acceptors (Lipinski definition) is 3. The highest BCUT2D eigenvalue weighted by Crippen LogP contribution is 2.21. The third kappa shape index (κ3) is 2.09. The van der Waals surface area contributed by atoms with Crippen molar-refractivity contribution in [1.82, 2.24) is 15.2 Å². The molecule has 0 bridgehead atoms. The lowest BCUT2D eigenvalue weighted by Gasteiger charge is -2.06. The molecule has 0 unspecified atom stereocenters. The predicted octanol–water partition coefficient (Wildman–Crippen LogP) is 3.36. The Hall–Kier alpha value is -3.21. The van der Waals surface area contributed by atoms with Crippen LogP contribution in [0.15, 0.2) is 60.8 Å². The molecule has 4 aromatic rings. The lowest BCUT2D eigenvalue weighted by molar-refractivity contribution is 0.102. The molecule has 0 saturated carbocycles. The van der Waals surface area contributed by atoms with E-state index in [4.69, 9.17) is 0 Å². The Morgan fingerprint density at radius 2 is 1.82 bits per heavy atom. The van der Waals surface area contributed by atoms with Gasteiger partial charge in [-0.15, -0.1) is 0 Å². The smallest absolute Gasteiger partial charge is 0.274 e. The van der Waals surface area contributed by atoms with Crippen LogP contribution < -0.4 is 5.32 Å². The predicted molar refractivity (Wildman–Crippen MR) is 85.8 cm³/mol. The van der Waals surface area contributed by atoms with E-state index in [1.54, 1.807) is 12.3 Å². The molecule has 0 atom stereocenters. The van der Waals surface area contributed by atoms with Crippen molar-refractivity contribution in [2.24, 2.45) is 0 Å². The maximum atomic E-state index is 12.4. The minimum atomic E-state index is -0.243. The SMILES string of the molecule is O=C(Nc1cccc2cn[nH]c12)c1ccc2ccccc2n1. The number of hydrogen-bond donors (Lipinski definition) is 2. The van der Waals surface area contributed by atoms with E-state index in [0.717, 1.165) is 21.8 Å². The molecule has 4 rings (SSSR count). The van der Waals surface area contributed by atoms with Gasteiger partial charge in [0.05, 0.1) is 22.9 Å². The van der Waals surface area contributed by atoms with E-state index in [2.05, 4.69) is 20.5 Å². The molecule has 0 aliphatic carbocycles. The molecule has 5 nitrogen and oxygen atoms in total. The molecule has 0 saturated heterocycles. The third-order valence-corrected chi connectivity index (χ3v) is 3.56. The van der Waals surface area contributed by atoms with Crippen molar-refractivity contribution in [2.45, 2.75) is 0 Å². The molecular formula is C17H12N4O. The van der Waals surface area contributed by atoms with Crippen LogP contribution in [0.25, 0.3) is 21.8 Å². The van der Waals surface area contributed by atoms with Gasteiger partial charge in [0, 0.05) is 10.8 Å². The van der Waals surface area contributed by atoms with Crippen molar-refractivity contribution >= 4 is 33.4 Å². The van der Waals surface area contributed by atoms with Gasteiger partial charge >= 0.3 is 0 Å². The summed E-state index contributed by atoms with van der Waals surface area (Å²) >= 11 is 0. The van der Waals surface area contributed by atoms with Crippen LogP contribution in [0.3, 0.4) is 0 Å². The van der Waals surface area contributed by atoms with Gasteiger partial charge in [0.15, 0.2) is 0 Å². The van der Waals surface area contributed by atoms with Crippen LogP contribution >= 0.6 is 0 Å². The van der Waals surface area contributed by atoms with E-state index in [1.165, 1.54) is 0 Å². The highest BCUT2D eigenvalue weighted by atomic mass is 16.1. The van der Waals surface area contributed by atoms with Crippen LogP contribution in [-0.2, 0) is 0 Å². The quantitative estimate of drug-likeness (QED) is 0.594. The van der Waals surface area contributed by atoms with E-state index in [9.17, 15) is 4.79 Å². The average Bonchev–Trinajstić information content (AvgIpc) is 3.04. The Morgan fingerprint density at radius 3 is 2.77 bits per heavy atom. The van der Waals surface area contributed by atoms with Gasteiger partial charge < -0.3 is 5.32 Å². The van der Waals surface area contributed by atoms with Gasteiger partial charge in [0.2, 0.25) is 0 Å². The number of carbonyl (C=O) groups is 1. The fourth-order valence-electron chi connectivity index (χ4n) is 2.45. The number of amides is 1. The largest absolute Gasteiger partial charge is 0.319 e. The number of H-pyrrole nitrogens is 1. The molecule has 0 fully saturated rings. The first-order valence-electron chi connectivity index (χ1n) is 6.90. The lowest BCUT2D eigenvalue weighted by atomic mass is 10.2. The van der Waals surface area contributed by atoms with Gasteiger partial charge in [-0.2, -0.15) is 5.10 Å². The molecule has 0 aliphatic heterocycles. The zero-order valence-electron chi connectivity index (χ0n) is 11.6.